The van der Waals surface area contributed by atoms with Gasteiger partial charge in [0.2, 0.25) is 5.91 Å². The zero-order valence-corrected chi connectivity index (χ0v) is 14.9. The van der Waals surface area contributed by atoms with Crippen molar-refractivity contribution in [3.05, 3.63) is 71.7 Å². The summed E-state index contributed by atoms with van der Waals surface area (Å²) in [6, 6.07) is 16.3. The number of aromatic nitrogens is 2. The maximum absolute atomic E-state index is 13.7. The second-order valence-corrected chi connectivity index (χ2v) is 7.16. The number of carbonyl (C=O) groups excluding carboxylic acids is 1. The van der Waals surface area contributed by atoms with Crippen molar-refractivity contribution in [1.82, 2.24) is 9.78 Å². The van der Waals surface area contributed by atoms with Gasteiger partial charge in [-0.2, -0.15) is 5.10 Å². The summed E-state index contributed by atoms with van der Waals surface area (Å²) in [6.45, 7) is 0. The van der Waals surface area contributed by atoms with Gasteiger partial charge in [0.25, 0.3) is 0 Å². The Morgan fingerprint density at radius 1 is 1.12 bits per heavy atom. The summed E-state index contributed by atoms with van der Waals surface area (Å²) in [7, 11) is 0. The molecule has 1 aromatic heterocycles. The van der Waals surface area contributed by atoms with Crippen LogP contribution in [0.3, 0.4) is 0 Å². The van der Waals surface area contributed by atoms with Gasteiger partial charge in [-0.25, -0.2) is 9.07 Å². The Balaban J connectivity index is 1.54. The van der Waals surface area contributed by atoms with E-state index in [1.807, 2.05) is 30.3 Å². The number of anilines is 1. The summed E-state index contributed by atoms with van der Waals surface area (Å²) in [5.41, 5.74) is 3.07. The fourth-order valence-electron chi connectivity index (χ4n) is 3.15. The van der Waals surface area contributed by atoms with Crippen LogP contribution in [0.15, 0.2) is 59.5 Å². The van der Waals surface area contributed by atoms with Crippen LogP contribution >= 0.6 is 11.8 Å². The maximum atomic E-state index is 13.7. The minimum atomic E-state index is -0.305. The highest BCUT2D eigenvalue weighted by molar-refractivity contribution is 8.00. The van der Waals surface area contributed by atoms with E-state index in [1.165, 1.54) is 17.8 Å². The molecule has 0 fully saturated rings. The zero-order chi connectivity index (χ0) is 17.9. The van der Waals surface area contributed by atoms with Crippen LogP contribution in [-0.2, 0) is 17.6 Å². The Hall–Kier alpha value is -2.60. The molecule has 0 saturated heterocycles. The van der Waals surface area contributed by atoms with E-state index in [4.69, 9.17) is 0 Å². The first kappa shape index (κ1) is 16.8. The summed E-state index contributed by atoms with van der Waals surface area (Å²) in [6.07, 6.45) is 2.90. The summed E-state index contributed by atoms with van der Waals surface area (Å²) in [5.74, 6) is 0.420. The third-order valence-corrected chi connectivity index (χ3v) is 5.41. The van der Waals surface area contributed by atoms with E-state index in [0.29, 0.717) is 4.90 Å². The summed E-state index contributed by atoms with van der Waals surface area (Å²) in [5, 5.41) is 7.68. The summed E-state index contributed by atoms with van der Waals surface area (Å²) in [4.78, 5) is 13.0. The van der Waals surface area contributed by atoms with Gasteiger partial charge < -0.3 is 5.32 Å². The van der Waals surface area contributed by atoms with Crippen LogP contribution in [0.2, 0.25) is 0 Å². The first-order valence-electron chi connectivity index (χ1n) is 8.56. The molecule has 1 amide bonds. The molecule has 0 bridgehead atoms. The number of rotatable bonds is 5. The number of fused-ring (bicyclic) bond motifs is 1. The summed E-state index contributed by atoms with van der Waals surface area (Å²) >= 11 is 1.20. The quantitative estimate of drug-likeness (QED) is 0.687. The van der Waals surface area contributed by atoms with Crippen LogP contribution in [0.25, 0.3) is 5.69 Å². The van der Waals surface area contributed by atoms with Crippen molar-refractivity contribution >= 4 is 23.5 Å². The van der Waals surface area contributed by atoms with Crippen LogP contribution in [0, 0.1) is 5.82 Å². The number of aryl methyl sites for hydroxylation is 1. The smallest absolute Gasteiger partial charge is 0.235 e. The molecule has 1 aliphatic rings. The number of carbonyl (C=O) groups is 1. The second kappa shape index (κ2) is 7.33. The summed E-state index contributed by atoms with van der Waals surface area (Å²) < 4.78 is 15.5. The topological polar surface area (TPSA) is 46.9 Å². The number of thioether (sulfide) groups is 1. The van der Waals surface area contributed by atoms with Gasteiger partial charge in [0.05, 0.1) is 17.1 Å². The van der Waals surface area contributed by atoms with Crippen molar-refractivity contribution in [2.24, 2.45) is 0 Å². The minimum absolute atomic E-state index is 0.148. The lowest BCUT2D eigenvalue weighted by atomic mass is 10.2. The molecule has 0 saturated carbocycles. The number of nitrogens with zero attached hydrogens (tertiary/aromatic N) is 2. The molecular weight excluding hydrogens is 349 g/mol. The molecule has 1 heterocycles. The van der Waals surface area contributed by atoms with Gasteiger partial charge in [0, 0.05) is 10.5 Å². The molecule has 0 atom stereocenters. The fraction of sp³-hybridized carbons (Fsp3) is 0.200. The van der Waals surface area contributed by atoms with Gasteiger partial charge >= 0.3 is 0 Å². The SMILES string of the molecule is O=C(CSc1ccccc1F)Nc1c2c(nn1-c1ccccc1)CCC2. The van der Waals surface area contributed by atoms with Crippen molar-refractivity contribution in [2.45, 2.75) is 24.2 Å². The van der Waals surface area contributed by atoms with E-state index in [1.54, 1.807) is 22.9 Å². The van der Waals surface area contributed by atoms with Crippen LogP contribution < -0.4 is 5.32 Å². The average molecular weight is 367 g/mol. The first-order chi connectivity index (χ1) is 12.7. The normalized spacial score (nSPS) is 12.8. The molecule has 4 nitrogen and oxygen atoms in total. The van der Waals surface area contributed by atoms with Gasteiger partial charge in [-0.1, -0.05) is 30.3 Å². The number of hydrogen-bond donors (Lipinski definition) is 1. The Bertz CT molecular complexity index is 939. The van der Waals surface area contributed by atoms with Crippen molar-refractivity contribution < 1.29 is 9.18 Å². The standard InChI is InChI=1S/C20H18FN3OS/c21-16-10-4-5-12-18(16)26-13-19(25)22-20-15-9-6-11-17(15)23-24(20)14-7-2-1-3-8-14/h1-5,7-8,10,12H,6,9,11,13H2,(H,22,25). The minimum Gasteiger partial charge on any atom is -0.310 e. The average Bonchev–Trinajstić information content (AvgIpc) is 3.24. The number of amides is 1. The van der Waals surface area contributed by atoms with Crippen LogP contribution in [0.5, 0.6) is 0 Å². The Kier molecular flexibility index (Phi) is 4.75. The van der Waals surface area contributed by atoms with Crippen molar-refractivity contribution in [3.8, 4) is 5.69 Å². The number of para-hydroxylation sites is 1. The zero-order valence-electron chi connectivity index (χ0n) is 14.1. The molecule has 26 heavy (non-hydrogen) atoms. The van der Waals surface area contributed by atoms with E-state index in [-0.39, 0.29) is 17.5 Å². The first-order valence-corrected chi connectivity index (χ1v) is 9.54. The molecule has 0 unspecified atom stereocenters. The van der Waals surface area contributed by atoms with E-state index < -0.39 is 0 Å². The highest BCUT2D eigenvalue weighted by Gasteiger charge is 2.24. The van der Waals surface area contributed by atoms with Crippen molar-refractivity contribution in [2.75, 3.05) is 11.1 Å². The van der Waals surface area contributed by atoms with Gasteiger partial charge in [-0.05, 0) is 43.5 Å². The molecule has 2 aromatic carbocycles. The number of benzene rings is 2. The van der Waals surface area contributed by atoms with Gasteiger partial charge in [0.15, 0.2) is 0 Å². The number of halogens is 1. The Morgan fingerprint density at radius 2 is 1.88 bits per heavy atom. The molecule has 0 spiro atoms. The molecule has 0 aliphatic heterocycles. The molecule has 132 valence electrons. The largest absolute Gasteiger partial charge is 0.310 e. The van der Waals surface area contributed by atoms with E-state index in [2.05, 4.69) is 10.4 Å². The number of hydrogen-bond acceptors (Lipinski definition) is 3. The lowest BCUT2D eigenvalue weighted by Crippen LogP contribution is -2.18. The predicted octanol–water partition coefficient (Wildman–Crippen LogP) is 4.23. The third-order valence-electron chi connectivity index (χ3n) is 4.36. The Labute approximate surface area is 155 Å². The molecule has 4 rings (SSSR count). The van der Waals surface area contributed by atoms with E-state index in [0.717, 1.165) is 42.0 Å². The van der Waals surface area contributed by atoms with Crippen molar-refractivity contribution in [3.63, 3.8) is 0 Å². The third kappa shape index (κ3) is 3.37. The molecule has 1 aliphatic carbocycles. The van der Waals surface area contributed by atoms with Crippen LogP contribution in [0.4, 0.5) is 10.2 Å². The molecular formula is C20H18FN3OS. The van der Waals surface area contributed by atoms with Gasteiger partial charge in [-0.15, -0.1) is 11.8 Å². The van der Waals surface area contributed by atoms with E-state index in [9.17, 15) is 9.18 Å². The lowest BCUT2D eigenvalue weighted by molar-refractivity contribution is -0.113. The fourth-order valence-corrected chi connectivity index (χ4v) is 3.89. The maximum Gasteiger partial charge on any atom is 0.235 e. The Morgan fingerprint density at radius 3 is 2.69 bits per heavy atom. The van der Waals surface area contributed by atoms with Crippen LogP contribution in [-0.4, -0.2) is 21.4 Å². The van der Waals surface area contributed by atoms with E-state index >= 15 is 0 Å². The lowest BCUT2D eigenvalue weighted by Gasteiger charge is -2.11. The monoisotopic (exact) mass is 367 g/mol. The van der Waals surface area contributed by atoms with Crippen molar-refractivity contribution in [1.29, 1.82) is 0 Å². The highest BCUT2D eigenvalue weighted by atomic mass is 32.2. The van der Waals surface area contributed by atoms with Crippen LogP contribution in [0.1, 0.15) is 17.7 Å². The predicted molar refractivity (Wildman–Crippen MR) is 101 cm³/mol. The molecule has 1 N–H and O–H groups in total. The van der Waals surface area contributed by atoms with Gasteiger partial charge in [-0.3, -0.25) is 4.79 Å². The van der Waals surface area contributed by atoms with Gasteiger partial charge in [0.1, 0.15) is 11.6 Å². The highest BCUT2D eigenvalue weighted by Crippen LogP contribution is 2.31. The molecule has 3 aromatic rings. The number of nitrogens with one attached hydrogen (secondary N) is 1. The molecule has 6 heteroatoms. The molecule has 0 radical (unpaired) electrons. The second-order valence-electron chi connectivity index (χ2n) is 6.14.